The molecule has 5 rings (SSSR count). The highest BCUT2D eigenvalue weighted by atomic mass is 35.5. The van der Waals surface area contributed by atoms with Crippen LogP contribution in [0.5, 0.6) is 0 Å². The Balaban J connectivity index is 1.31. The van der Waals surface area contributed by atoms with Crippen LogP contribution in [0.3, 0.4) is 0 Å². The molecule has 3 aromatic heterocycles. The third kappa shape index (κ3) is 5.42. The molecule has 1 amide bonds. The zero-order valence-corrected chi connectivity index (χ0v) is 20.6. The third-order valence-corrected chi connectivity index (χ3v) is 7.00. The molecule has 35 heavy (non-hydrogen) atoms. The maximum absolute atomic E-state index is 12.5. The minimum atomic E-state index is -0.140. The van der Waals surface area contributed by atoms with Crippen molar-refractivity contribution in [2.75, 3.05) is 0 Å². The number of carbonyl (C=O) groups is 1. The number of amides is 1. The number of halogens is 1. The first-order chi connectivity index (χ1) is 17.1. The molecular formula is C27H23ClN4O2S. The summed E-state index contributed by atoms with van der Waals surface area (Å²) < 4.78 is 7.66. The summed E-state index contributed by atoms with van der Waals surface area (Å²) in [6.45, 7) is 2.85. The molecule has 5 aromatic rings. The number of thioether (sulfide) groups is 1. The first-order valence-corrected chi connectivity index (χ1v) is 12.5. The molecule has 0 atom stereocenters. The number of benzene rings is 2. The van der Waals surface area contributed by atoms with E-state index in [9.17, 15) is 4.79 Å². The second-order valence-electron chi connectivity index (χ2n) is 8.12. The lowest BCUT2D eigenvalue weighted by Gasteiger charge is -2.10. The lowest BCUT2D eigenvalue weighted by atomic mass is 10.1. The summed E-state index contributed by atoms with van der Waals surface area (Å²) in [7, 11) is 0. The van der Waals surface area contributed by atoms with Gasteiger partial charge in [-0.15, -0.1) is 0 Å². The number of hydrogen-bond donors (Lipinski definition) is 1. The predicted octanol–water partition coefficient (Wildman–Crippen LogP) is 6.26. The van der Waals surface area contributed by atoms with Gasteiger partial charge in [0.1, 0.15) is 11.5 Å². The van der Waals surface area contributed by atoms with Crippen LogP contribution in [0.4, 0.5) is 0 Å². The van der Waals surface area contributed by atoms with E-state index in [0.29, 0.717) is 24.4 Å². The van der Waals surface area contributed by atoms with Crippen molar-refractivity contribution in [2.45, 2.75) is 30.9 Å². The van der Waals surface area contributed by atoms with Crippen LogP contribution in [-0.4, -0.2) is 20.4 Å². The van der Waals surface area contributed by atoms with E-state index in [-0.39, 0.29) is 5.91 Å². The van der Waals surface area contributed by atoms with Crippen LogP contribution in [0, 0.1) is 6.92 Å². The van der Waals surface area contributed by atoms with Crippen molar-refractivity contribution in [2.24, 2.45) is 0 Å². The first-order valence-electron chi connectivity index (χ1n) is 11.2. The summed E-state index contributed by atoms with van der Waals surface area (Å²) in [4.78, 5) is 21.7. The van der Waals surface area contributed by atoms with Crippen molar-refractivity contribution in [1.82, 2.24) is 19.9 Å². The topological polar surface area (TPSA) is 73.0 Å². The van der Waals surface area contributed by atoms with Crippen LogP contribution in [0.15, 0.2) is 88.7 Å². The summed E-state index contributed by atoms with van der Waals surface area (Å²) in [5.74, 6) is 2.13. The molecule has 176 valence electrons. The molecule has 8 heteroatoms. The molecule has 0 aliphatic carbocycles. The summed E-state index contributed by atoms with van der Waals surface area (Å²) in [5.41, 5.74) is 4.58. The van der Waals surface area contributed by atoms with Gasteiger partial charge in [0, 0.05) is 22.5 Å². The van der Waals surface area contributed by atoms with Crippen LogP contribution < -0.4 is 5.32 Å². The van der Waals surface area contributed by atoms with Crippen molar-refractivity contribution < 1.29 is 9.21 Å². The van der Waals surface area contributed by atoms with Crippen LogP contribution in [0.1, 0.15) is 33.0 Å². The maximum Gasteiger partial charge on any atom is 0.251 e. The van der Waals surface area contributed by atoms with Crippen LogP contribution in [0.2, 0.25) is 5.02 Å². The number of carbonyl (C=O) groups excluding carboxylic acids is 1. The Kier molecular flexibility index (Phi) is 6.88. The van der Waals surface area contributed by atoms with Gasteiger partial charge in [-0.05, 0) is 54.4 Å². The number of nitrogens with one attached hydrogen (secondary N) is 1. The molecule has 3 heterocycles. The molecule has 0 fully saturated rings. The number of aromatic nitrogens is 3. The minimum absolute atomic E-state index is 0.140. The van der Waals surface area contributed by atoms with Gasteiger partial charge < -0.3 is 14.3 Å². The van der Waals surface area contributed by atoms with Gasteiger partial charge in [0.15, 0.2) is 5.16 Å². The average Bonchev–Trinajstić information content (AvgIpc) is 3.45. The van der Waals surface area contributed by atoms with E-state index in [0.717, 1.165) is 43.9 Å². The van der Waals surface area contributed by atoms with E-state index >= 15 is 0 Å². The second-order valence-corrected chi connectivity index (χ2v) is 9.47. The molecule has 0 aliphatic rings. The van der Waals surface area contributed by atoms with E-state index in [4.69, 9.17) is 21.0 Å². The standard InChI is InChI=1S/C27H23ClN4O2S/c1-18-6-11-22(34-18)14-30-26(33)20-9-7-19(8-10-20)16-32-25-15-29-13-12-24(25)31-27(32)35-17-21-4-2-3-5-23(21)28/h2-13,15H,14,16-17H2,1H3,(H,30,33). The number of fused-ring (bicyclic) bond motifs is 1. The fraction of sp³-hybridized carbons (Fsp3) is 0.148. The van der Waals surface area contributed by atoms with E-state index in [1.165, 1.54) is 0 Å². The Bertz CT molecular complexity index is 1480. The van der Waals surface area contributed by atoms with Gasteiger partial charge in [0.25, 0.3) is 5.91 Å². The summed E-state index contributed by atoms with van der Waals surface area (Å²) >= 11 is 7.99. The zero-order valence-electron chi connectivity index (χ0n) is 19.1. The zero-order chi connectivity index (χ0) is 24.2. The summed E-state index contributed by atoms with van der Waals surface area (Å²) in [5, 5.41) is 4.54. The van der Waals surface area contributed by atoms with Gasteiger partial charge in [-0.1, -0.05) is 53.7 Å². The highest BCUT2D eigenvalue weighted by Gasteiger charge is 2.14. The predicted molar refractivity (Wildman–Crippen MR) is 139 cm³/mol. The Morgan fingerprint density at radius 1 is 1.09 bits per heavy atom. The van der Waals surface area contributed by atoms with Crippen LogP contribution in [0.25, 0.3) is 11.0 Å². The number of rotatable bonds is 8. The number of nitrogens with zero attached hydrogens (tertiary/aromatic N) is 3. The molecule has 0 aliphatic heterocycles. The Morgan fingerprint density at radius 2 is 1.91 bits per heavy atom. The Hall–Kier alpha value is -3.55. The van der Waals surface area contributed by atoms with Crippen molar-refractivity contribution >= 4 is 40.3 Å². The first kappa shape index (κ1) is 23.2. The second kappa shape index (κ2) is 10.4. The number of furan rings is 1. The number of hydrogen-bond acceptors (Lipinski definition) is 5. The van der Waals surface area contributed by atoms with Gasteiger partial charge in [-0.25, -0.2) is 4.98 Å². The number of imidazole rings is 1. The number of pyridine rings is 1. The minimum Gasteiger partial charge on any atom is -0.465 e. The molecule has 6 nitrogen and oxygen atoms in total. The van der Waals surface area contributed by atoms with Gasteiger partial charge in [-0.2, -0.15) is 0 Å². The smallest absolute Gasteiger partial charge is 0.251 e. The molecule has 2 aromatic carbocycles. The normalized spacial score (nSPS) is 11.1. The molecule has 1 N–H and O–H groups in total. The number of aryl methyl sites for hydroxylation is 1. The lowest BCUT2D eigenvalue weighted by molar-refractivity contribution is 0.0948. The van der Waals surface area contributed by atoms with Crippen molar-refractivity contribution in [1.29, 1.82) is 0 Å². The van der Waals surface area contributed by atoms with Crippen molar-refractivity contribution in [3.8, 4) is 0 Å². The quantitative estimate of drug-likeness (QED) is 0.254. The fourth-order valence-corrected chi connectivity index (χ4v) is 5.06. The van der Waals surface area contributed by atoms with Gasteiger partial charge >= 0.3 is 0 Å². The van der Waals surface area contributed by atoms with Gasteiger partial charge in [-0.3, -0.25) is 9.78 Å². The molecule has 0 bridgehead atoms. The molecule has 0 saturated heterocycles. The lowest BCUT2D eigenvalue weighted by Crippen LogP contribution is -2.22. The van der Waals surface area contributed by atoms with E-state index in [2.05, 4.69) is 14.9 Å². The largest absolute Gasteiger partial charge is 0.465 e. The fourth-order valence-electron chi connectivity index (χ4n) is 3.76. The van der Waals surface area contributed by atoms with Crippen molar-refractivity contribution in [3.63, 3.8) is 0 Å². The Labute approximate surface area is 212 Å². The average molecular weight is 503 g/mol. The highest BCUT2D eigenvalue weighted by molar-refractivity contribution is 7.98. The maximum atomic E-state index is 12.5. The molecule has 0 unspecified atom stereocenters. The molecule has 0 saturated carbocycles. The summed E-state index contributed by atoms with van der Waals surface area (Å²) in [6.07, 6.45) is 3.58. The molecular weight excluding hydrogens is 480 g/mol. The SMILES string of the molecule is Cc1ccc(CNC(=O)c2ccc(Cn3c(SCc4ccccc4Cl)nc4ccncc43)cc2)o1. The molecule has 0 spiro atoms. The monoisotopic (exact) mass is 502 g/mol. The van der Waals surface area contributed by atoms with Crippen LogP contribution >= 0.6 is 23.4 Å². The van der Waals surface area contributed by atoms with Crippen LogP contribution in [-0.2, 0) is 18.8 Å². The van der Waals surface area contributed by atoms with E-state index in [1.807, 2.05) is 79.9 Å². The third-order valence-electron chi connectivity index (χ3n) is 5.61. The Morgan fingerprint density at radius 3 is 2.69 bits per heavy atom. The van der Waals surface area contributed by atoms with Gasteiger partial charge in [0.2, 0.25) is 0 Å². The highest BCUT2D eigenvalue weighted by Crippen LogP contribution is 2.29. The van der Waals surface area contributed by atoms with Crippen molar-refractivity contribution in [3.05, 3.63) is 112 Å². The summed E-state index contributed by atoms with van der Waals surface area (Å²) in [6, 6.07) is 21.1. The molecule has 0 radical (unpaired) electrons. The van der Waals surface area contributed by atoms with E-state index in [1.54, 1.807) is 18.0 Å². The van der Waals surface area contributed by atoms with Gasteiger partial charge in [0.05, 0.1) is 30.3 Å². The van der Waals surface area contributed by atoms with E-state index < -0.39 is 0 Å².